The Morgan fingerprint density at radius 1 is 1.52 bits per heavy atom. The summed E-state index contributed by atoms with van der Waals surface area (Å²) >= 11 is 1.38. The highest BCUT2D eigenvalue weighted by Crippen LogP contribution is 2.39. The smallest absolute Gasteiger partial charge is 0.262 e. The van der Waals surface area contributed by atoms with E-state index >= 15 is 0 Å². The first-order valence-electron chi connectivity index (χ1n) is 8.51. The van der Waals surface area contributed by atoms with Crippen LogP contribution in [-0.2, 0) is 11.8 Å². The molecule has 2 aromatic rings. The largest absolute Gasteiger partial charge is 0.348 e. The normalized spacial score (nSPS) is 18.0. The maximum atomic E-state index is 12.5. The number of nitrogens with one attached hydrogen (secondary N) is 2. The van der Waals surface area contributed by atoms with Gasteiger partial charge in [-0.25, -0.2) is 0 Å². The minimum Gasteiger partial charge on any atom is -0.348 e. The lowest BCUT2D eigenvalue weighted by atomic mass is 9.95. The summed E-state index contributed by atoms with van der Waals surface area (Å²) < 4.78 is 1.77. The van der Waals surface area contributed by atoms with E-state index in [1.54, 1.807) is 11.6 Å². The summed E-state index contributed by atoms with van der Waals surface area (Å²) in [5, 5.41) is 11.1. The quantitative estimate of drug-likeness (QED) is 0.720. The van der Waals surface area contributed by atoms with Crippen LogP contribution in [0.4, 0.5) is 0 Å². The molecule has 1 saturated carbocycles. The van der Waals surface area contributed by atoms with Gasteiger partial charge in [0.25, 0.3) is 5.91 Å². The third-order valence-electron chi connectivity index (χ3n) is 4.97. The molecule has 0 radical (unpaired) electrons. The number of nitrogens with two attached hydrogens (primary N) is 1. The van der Waals surface area contributed by atoms with E-state index in [0.29, 0.717) is 17.3 Å². The zero-order valence-electron chi connectivity index (χ0n) is 15.0. The van der Waals surface area contributed by atoms with Crippen molar-refractivity contribution in [1.29, 1.82) is 0 Å². The minimum absolute atomic E-state index is 0.202. The molecule has 2 unspecified atom stereocenters. The molecule has 2 heterocycles. The maximum absolute atomic E-state index is 12.5. The van der Waals surface area contributed by atoms with E-state index in [2.05, 4.69) is 15.7 Å². The van der Waals surface area contributed by atoms with Crippen LogP contribution in [0.15, 0.2) is 6.07 Å². The fourth-order valence-corrected chi connectivity index (χ4v) is 4.11. The molecule has 2 amide bonds. The van der Waals surface area contributed by atoms with Crippen LogP contribution in [0.25, 0.3) is 10.2 Å². The van der Waals surface area contributed by atoms with Gasteiger partial charge in [0.1, 0.15) is 10.9 Å². The topological polar surface area (TPSA) is 102 Å². The van der Waals surface area contributed by atoms with Crippen molar-refractivity contribution in [2.75, 3.05) is 6.54 Å². The van der Waals surface area contributed by atoms with Crippen molar-refractivity contribution in [3.8, 4) is 0 Å². The number of rotatable bonds is 6. The SMILES string of the molecule is Cc1nn(C)c2sc(C(=O)NC(C)C(=O)NC(C)(CN)C3CC3)cc12. The summed E-state index contributed by atoms with van der Waals surface area (Å²) in [6, 6.07) is 1.21. The molecule has 0 aliphatic heterocycles. The van der Waals surface area contributed by atoms with Crippen molar-refractivity contribution in [3.63, 3.8) is 0 Å². The summed E-state index contributed by atoms with van der Waals surface area (Å²) in [5.74, 6) is -0.0151. The van der Waals surface area contributed by atoms with Crippen molar-refractivity contribution >= 4 is 33.4 Å². The van der Waals surface area contributed by atoms with E-state index in [-0.39, 0.29) is 11.8 Å². The Kier molecular flexibility index (Phi) is 4.59. The van der Waals surface area contributed by atoms with Gasteiger partial charge in [0.2, 0.25) is 5.91 Å². The molecule has 1 fully saturated rings. The first-order valence-corrected chi connectivity index (χ1v) is 9.33. The Morgan fingerprint density at radius 3 is 2.76 bits per heavy atom. The van der Waals surface area contributed by atoms with Gasteiger partial charge < -0.3 is 16.4 Å². The Morgan fingerprint density at radius 2 is 2.20 bits per heavy atom. The average molecular weight is 363 g/mol. The molecule has 0 aromatic carbocycles. The van der Waals surface area contributed by atoms with Gasteiger partial charge in [0.05, 0.1) is 16.1 Å². The van der Waals surface area contributed by atoms with Gasteiger partial charge in [-0.3, -0.25) is 14.3 Å². The number of carbonyl (C=O) groups is 2. The van der Waals surface area contributed by atoms with Gasteiger partial charge in [0.15, 0.2) is 0 Å². The van der Waals surface area contributed by atoms with Crippen LogP contribution in [0.1, 0.15) is 42.1 Å². The molecule has 0 bridgehead atoms. The Hall–Kier alpha value is -1.93. The number of fused-ring (bicyclic) bond motifs is 1. The highest BCUT2D eigenvalue weighted by atomic mass is 32.1. The van der Waals surface area contributed by atoms with Crippen LogP contribution >= 0.6 is 11.3 Å². The maximum Gasteiger partial charge on any atom is 0.262 e. The monoisotopic (exact) mass is 363 g/mol. The van der Waals surface area contributed by atoms with Crippen LogP contribution in [0, 0.1) is 12.8 Å². The third kappa shape index (κ3) is 3.41. The molecule has 136 valence electrons. The lowest BCUT2D eigenvalue weighted by molar-refractivity contribution is -0.124. The van der Waals surface area contributed by atoms with E-state index < -0.39 is 11.6 Å². The predicted octanol–water partition coefficient (Wildman–Crippen LogP) is 1.31. The number of hydrogen-bond acceptors (Lipinski definition) is 5. The average Bonchev–Trinajstić information content (AvgIpc) is 3.26. The van der Waals surface area contributed by atoms with Crippen LogP contribution in [0.5, 0.6) is 0 Å². The lowest BCUT2D eigenvalue weighted by Gasteiger charge is -2.31. The third-order valence-corrected chi connectivity index (χ3v) is 6.17. The molecule has 25 heavy (non-hydrogen) atoms. The predicted molar refractivity (Wildman–Crippen MR) is 98.6 cm³/mol. The van der Waals surface area contributed by atoms with E-state index in [0.717, 1.165) is 28.8 Å². The van der Waals surface area contributed by atoms with Crippen LogP contribution in [-0.4, -0.2) is 39.7 Å². The van der Waals surface area contributed by atoms with Crippen LogP contribution in [0.2, 0.25) is 0 Å². The number of carbonyl (C=O) groups excluding carboxylic acids is 2. The first kappa shape index (κ1) is 17.9. The molecule has 7 nitrogen and oxygen atoms in total. The van der Waals surface area contributed by atoms with E-state index in [4.69, 9.17) is 5.73 Å². The second-order valence-corrected chi connectivity index (χ2v) is 8.15. The second-order valence-electron chi connectivity index (χ2n) is 7.12. The Balaban J connectivity index is 1.66. The number of aromatic nitrogens is 2. The van der Waals surface area contributed by atoms with E-state index in [1.165, 1.54) is 11.3 Å². The molecule has 4 N–H and O–H groups in total. The minimum atomic E-state index is -0.624. The van der Waals surface area contributed by atoms with Crippen molar-refractivity contribution < 1.29 is 9.59 Å². The van der Waals surface area contributed by atoms with Crippen molar-refractivity contribution in [1.82, 2.24) is 20.4 Å². The number of thiophene rings is 1. The highest BCUT2D eigenvalue weighted by molar-refractivity contribution is 7.20. The van der Waals surface area contributed by atoms with Gasteiger partial charge in [-0.2, -0.15) is 5.10 Å². The lowest BCUT2D eigenvalue weighted by Crippen LogP contribution is -2.57. The van der Waals surface area contributed by atoms with Crippen molar-refractivity contribution in [3.05, 3.63) is 16.6 Å². The summed E-state index contributed by atoms with van der Waals surface area (Å²) in [7, 11) is 1.86. The number of nitrogens with zero attached hydrogens (tertiary/aromatic N) is 2. The van der Waals surface area contributed by atoms with E-state index in [1.807, 2.05) is 27.0 Å². The molecule has 2 atom stereocenters. The molecular formula is C17H25N5O2S. The summed E-state index contributed by atoms with van der Waals surface area (Å²) in [4.78, 5) is 26.5. The number of amides is 2. The van der Waals surface area contributed by atoms with Crippen molar-refractivity contribution in [2.45, 2.75) is 45.2 Å². The first-order chi connectivity index (χ1) is 11.7. The summed E-state index contributed by atoms with van der Waals surface area (Å²) in [6.45, 7) is 5.97. The molecule has 1 aliphatic rings. The molecular weight excluding hydrogens is 338 g/mol. The zero-order valence-corrected chi connectivity index (χ0v) is 15.9. The summed E-state index contributed by atoms with van der Waals surface area (Å²) in [5.41, 5.74) is 6.34. The zero-order chi connectivity index (χ0) is 18.4. The molecule has 3 rings (SSSR count). The van der Waals surface area contributed by atoms with Gasteiger partial charge in [-0.05, 0) is 45.6 Å². The fraction of sp³-hybridized carbons (Fsp3) is 0.588. The summed E-state index contributed by atoms with van der Waals surface area (Å²) in [6.07, 6.45) is 2.17. The van der Waals surface area contributed by atoms with Gasteiger partial charge >= 0.3 is 0 Å². The van der Waals surface area contributed by atoms with Gasteiger partial charge in [-0.15, -0.1) is 11.3 Å². The van der Waals surface area contributed by atoms with Crippen LogP contribution < -0.4 is 16.4 Å². The standard InChI is InChI=1S/C17H25N5O2S/c1-9-12-7-13(25-16(12)22(4)21-9)15(24)19-10(2)14(23)20-17(3,8-18)11-5-6-11/h7,10-11H,5-6,8,18H2,1-4H3,(H,19,24)(H,20,23). The van der Waals surface area contributed by atoms with Crippen LogP contribution in [0.3, 0.4) is 0 Å². The Labute approximate surface area is 150 Å². The highest BCUT2D eigenvalue weighted by Gasteiger charge is 2.42. The Bertz CT molecular complexity index is 788. The molecule has 0 saturated heterocycles. The second kappa shape index (κ2) is 6.42. The number of hydrogen-bond donors (Lipinski definition) is 3. The molecule has 2 aromatic heterocycles. The fourth-order valence-electron chi connectivity index (χ4n) is 3.08. The van der Waals surface area contributed by atoms with Crippen molar-refractivity contribution in [2.24, 2.45) is 18.7 Å². The van der Waals surface area contributed by atoms with Gasteiger partial charge in [-0.1, -0.05) is 0 Å². The van der Waals surface area contributed by atoms with Gasteiger partial charge in [0, 0.05) is 19.0 Å². The molecule has 0 spiro atoms. The van der Waals surface area contributed by atoms with E-state index in [9.17, 15) is 9.59 Å². The number of aryl methyl sites for hydroxylation is 2. The molecule has 1 aliphatic carbocycles. The molecule has 8 heteroatoms.